The Morgan fingerprint density at radius 3 is 2.11 bits per heavy atom. The summed E-state index contributed by atoms with van der Waals surface area (Å²) in [6, 6.07) is 12.5. The summed E-state index contributed by atoms with van der Waals surface area (Å²) < 4.78 is 0. The van der Waals surface area contributed by atoms with E-state index in [0.717, 1.165) is 11.1 Å². The van der Waals surface area contributed by atoms with Crippen molar-refractivity contribution in [1.29, 1.82) is 0 Å². The quantitative estimate of drug-likeness (QED) is 0.700. The zero-order valence-electron chi connectivity index (χ0n) is 15.7. The smallest absolute Gasteiger partial charge is 0.330 e. The van der Waals surface area contributed by atoms with Gasteiger partial charge in [0, 0.05) is 18.0 Å². The van der Waals surface area contributed by atoms with Crippen molar-refractivity contribution in [2.24, 2.45) is 0 Å². The third-order valence-corrected chi connectivity index (χ3v) is 4.03. The largest absolute Gasteiger partial charge is 0.479 e. The number of aliphatic carboxylic acids is 1. The number of benzene rings is 2. The van der Waals surface area contributed by atoms with Gasteiger partial charge in [-0.05, 0) is 38.5 Å². The molecule has 0 bridgehead atoms. The average molecular weight is 368 g/mol. The summed E-state index contributed by atoms with van der Waals surface area (Å²) >= 11 is 0. The minimum atomic E-state index is -1.13. The maximum Gasteiger partial charge on any atom is 0.330 e. The third-order valence-electron chi connectivity index (χ3n) is 4.03. The molecule has 6 heteroatoms. The minimum Gasteiger partial charge on any atom is -0.479 e. The Bertz CT molecular complexity index is 813. The molecule has 0 spiro atoms. The van der Waals surface area contributed by atoms with Gasteiger partial charge in [-0.2, -0.15) is 0 Å². The molecule has 0 fully saturated rings. The summed E-state index contributed by atoms with van der Waals surface area (Å²) in [6.45, 7) is 5.45. The Hall–Kier alpha value is -3.15. The summed E-state index contributed by atoms with van der Waals surface area (Å²) in [7, 11) is 0. The van der Waals surface area contributed by atoms with Crippen LogP contribution in [0.25, 0.3) is 0 Å². The average Bonchev–Trinajstić information content (AvgIpc) is 2.59. The van der Waals surface area contributed by atoms with Crippen LogP contribution in [-0.4, -0.2) is 28.9 Å². The van der Waals surface area contributed by atoms with Gasteiger partial charge >= 0.3 is 5.97 Å². The summed E-state index contributed by atoms with van der Waals surface area (Å²) in [4.78, 5) is 36.1. The van der Waals surface area contributed by atoms with Crippen LogP contribution in [0, 0.1) is 13.8 Å². The van der Waals surface area contributed by atoms with E-state index in [4.69, 9.17) is 0 Å². The van der Waals surface area contributed by atoms with Gasteiger partial charge in [-0.15, -0.1) is 0 Å². The van der Waals surface area contributed by atoms with Gasteiger partial charge in [-0.25, -0.2) is 4.79 Å². The number of nitrogens with one attached hydrogen (secondary N) is 2. The topological polar surface area (TPSA) is 95.5 Å². The predicted octanol–water partition coefficient (Wildman–Crippen LogP) is 2.75. The molecule has 3 N–H and O–H groups in total. The molecule has 27 heavy (non-hydrogen) atoms. The molecule has 0 heterocycles. The number of rotatable bonds is 7. The zero-order valence-corrected chi connectivity index (χ0v) is 15.7. The van der Waals surface area contributed by atoms with Crippen LogP contribution >= 0.6 is 0 Å². The Morgan fingerprint density at radius 1 is 0.963 bits per heavy atom. The molecular weight excluding hydrogens is 344 g/mol. The summed E-state index contributed by atoms with van der Waals surface area (Å²) in [6.07, 6.45) is -0.0207. The van der Waals surface area contributed by atoms with Crippen LogP contribution in [0.15, 0.2) is 48.5 Å². The van der Waals surface area contributed by atoms with Gasteiger partial charge in [0.05, 0.1) is 0 Å². The lowest BCUT2D eigenvalue weighted by molar-refractivity contribution is -0.142. The first kappa shape index (κ1) is 20.2. The molecule has 2 aromatic rings. The number of carboxylic acid groups (broad SMARTS) is 1. The highest BCUT2D eigenvalue weighted by Gasteiger charge is 2.23. The fraction of sp³-hybridized carbons (Fsp3) is 0.286. The van der Waals surface area contributed by atoms with Crippen LogP contribution in [0.5, 0.6) is 0 Å². The summed E-state index contributed by atoms with van der Waals surface area (Å²) in [5.74, 6) is -1.85. The molecule has 2 rings (SSSR count). The van der Waals surface area contributed by atoms with Crippen molar-refractivity contribution in [1.82, 2.24) is 10.6 Å². The number of aryl methyl sites for hydroxylation is 2. The lowest BCUT2D eigenvalue weighted by atomic mass is 10.0. The van der Waals surface area contributed by atoms with Crippen molar-refractivity contribution >= 4 is 17.8 Å². The fourth-order valence-electron chi connectivity index (χ4n) is 2.91. The first-order valence-electron chi connectivity index (χ1n) is 8.72. The van der Waals surface area contributed by atoms with Gasteiger partial charge in [0.25, 0.3) is 5.91 Å². The predicted molar refractivity (Wildman–Crippen MR) is 102 cm³/mol. The van der Waals surface area contributed by atoms with E-state index in [-0.39, 0.29) is 12.3 Å². The molecule has 2 amide bonds. The highest BCUT2D eigenvalue weighted by atomic mass is 16.4. The number of carbonyl (C=O) groups excluding carboxylic acids is 2. The van der Waals surface area contributed by atoms with E-state index in [1.165, 1.54) is 0 Å². The first-order chi connectivity index (χ1) is 12.8. The maximum absolute atomic E-state index is 12.3. The maximum atomic E-state index is 12.3. The van der Waals surface area contributed by atoms with E-state index in [1.54, 1.807) is 43.3 Å². The number of hydrogen-bond acceptors (Lipinski definition) is 3. The second-order valence-corrected chi connectivity index (χ2v) is 6.70. The van der Waals surface area contributed by atoms with Crippen LogP contribution in [0.1, 0.15) is 46.4 Å². The first-order valence-corrected chi connectivity index (χ1v) is 8.72. The van der Waals surface area contributed by atoms with E-state index in [0.29, 0.717) is 11.1 Å². The molecule has 0 aromatic heterocycles. The molecule has 2 unspecified atom stereocenters. The Labute approximate surface area is 158 Å². The molecule has 2 atom stereocenters. The van der Waals surface area contributed by atoms with E-state index < -0.39 is 24.0 Å². The van der Waals surface area contributed by atoms with Gasteiger partial charge in [0.15, 0.2) is 6.04 Å². The number of hydrogen-bond donors (Lipinski definition) is 3. The molecule has 0 aliphatic rings. The zero-order chi connectivity index (χ0) is 20.0. The second kappa shape index (κ2) is 8.98. The highest BCUT2D eigenvalue weighted by molar-refractivity contribution is 5.94. The van der Waals surface area contributed by atoms with Crippen molar-refractivity contribution in [3.05, 3.63) is 70.8 Å². The molecule has 0 saturated carbocycles. The molecule has 2 aromatic carbocycles. The number of carbonyl (C=O) groups is 3. The molecule has 0 aliphatic carbocycles. The van der Waals surface area contributed by atoms with Crippen molar-refractivity contribution in [3.63, 3.8) is 0 Å². The molecule has 6 nitrogen and oxygen atoms in total. The van der Waals surface area contributed by atoms with E-state index >= 15 is 0 Å². The van der Waals surface area contributed by atoms with Crippen LogP contribution in [0.3, 0.4) is 0 Å². The molecular formula is C21H24N2O4. The van der Waals surface area contributed by atoms with E-state index in [2.05, 4.69) is 10.6 Å². The van der Waals surface area contributed by atoms with Crippen LogP contribution in [0.2, 0.25) is 0 Å². The minimum absolute atomic E-state index is 0.0207. The Kier molecular flexibility index (Phi) is 6.71. The third kappa shape index (κ3) is 5.95. The molecule has 0 radical (unpaired) electrons. The van der Waals surface area contributed by atoms with Gasteiger partial charge < -0.3 is 15.7 Å². The lowest BCUT2D eigenvalue weighted by Gasteiger charge is -2.18. The molecule has 0 aliphatic heterocycles. The highest BCUT2D eigenvalue weighted by Crippen LogP contribution is 2.18. The van der Waals surface area contributed by atoms with E-state index in [1.807, 2.05) is 26.0 Å². The second-order valence-electron chi connectivity index (χ2n) is 6.70. The monoisotopic (exact) mass is 368 g/mol. The summed E-state index contributed by atoms with van der Waals surface area (Å²) in [5.41, 5.74) is 2.88. The Balaban J connectivity index is 1.99. The Morgan fingerprint density at radius 2 is 1.56 bits per heavy atom. The van der Waals surface area contributed by atoms with Crippen LogP contribution in [-0.2, 0) is 9.59 Å². The normalized spacial score (nSPS) is 12.7. The van der Waals surface area contributed by atoms with Crippen molar-refractivity contribution < 1.29 is 19.5 Å². The SMILES string of the molecule is Cc1cc(C)cc(C(NC(=O)CC(C)NC(=O)c2ccccc2)C(=O)O)c1. The fourth-order valence-corrected chi connectivity index (χ4v) is 2.91. The number of amides is 2. The van der Waals surface area contributed by atoms with Gasteiger partial charge in [0.1, 0.15) is 0 Å². The van der Waals surface area contributed by atoms with Crippen LogP contribution < -0.4 is 10.6 Å². The van der Waals surface area contributed by atoms with Gasteiger partial charge in [-0.1, -0.05) is 47.5 Å². The van der Waals surface area contributed by atoms with Gasteiger partial charge in [0.2, 0.25) is 5.91 Å². The van der Waals surface area contributed by atoms with Crippen molar-refractivity contribution in [2.75, 3.05) is 0 Å². The van der Waals surface area contributed by atoms with Crippen LogP contribution in [0.4, 0.5) is 0 Å². The van der Waals surface area contributed by atoms with Crippen molar-refractivity contribution in [3.8, 4) is 0 Å². The molecule has 142 valence electrons. The van der Waals surface area contributed by atoms with E-state index in [9.17, 15) is 19.5 Å². The lowest BCUT2D eigenvalue weighted by Crippen LogP contribution is -2.40. The number of carboxylic acids is 1. The standard InChI is InChI=1S/C21H24N2O4/c1-13-9-14(2)11-17(10-13)19(21(26)27)23-18(24)12-15(3)22-20(25)16-7-5-4-6-8-16/h4-11,15,19H,12H2,1-3H3,(H,22,25)(H,23,24)(H,26,27). The molecule has 0 saturated heterocycles. The van der Waals surface area contributed by atoms with Gasteiger partial charge in [-0.3, -0.25) is 9.59 Å². The summed E-state index contributed by atoms with van der Waals surface area (Å²) in [5, 5.41) is 14.8. The van der Waals surface area contributed by atoms with Crippen molar-refractivity contribution in [2.45, 2.75) is 39.3 Å².